The van der Waals surface area contributed by atoms with Crippen LogP contribution in [-0.4, -0.2) is 33.1 Å². The van der Waals surface area contributed by atoms with Crippen LogP contribution in [0.5, 0.6) is 0 Å². The lowest BCUT2D eigenvalue weighted by atomic mass is 10.1. The van der Waals surface area contributed by atoms with E-state index in [-0.39, 0.29) is 11.8 Å². The monoisotopic (exact) mass is 415 g/mol. The Hall–Kier alpha value is -3.87. The number of hydrogen-bond donors (Lipinski definition) is 3. The summed E-state index contributed by atoms with van der Waals surface area (Å²) < 4.78 is 1.77. The molecule has 2 amide bonds. The van der Waals surface area contributed by atoms with Gasteiger partial charge < -0.3 is 15.6 Å². The zero-order chi connectivity index (χ0) is 21.8. The van der Waals surface area contributed by atoms with Crippen LogP contribution in [0.2, 0.25) is 0 Å². The molecule has 2 aromatic heterocycles. The maximum atomic E-state index is 12.9. The van der Waals surface area contributed by atoms with Gasteiger partial charge in [-0.1, -0.05) is 18.2 Å². The van der Waals surface area contributed by atoms with Crippen LogP contribution in [0.25, 0.3) is 10.9 Å². The van der Waals surface area contributed by atoms with E-state index in [1.54, 1.807) is 22.9 Å². The summed E-state index contributed by atoms with van der Waals surface area (Å²) in [5.41, 5.74) is 4.53. The highest BCUT2D eigenvalue weighted by Crippen LogP contribution is 2.21. The number of aromatic nitrogens is 3. The van der Waals surface area contributed by atoms with Crippen molar-refractivity contribution in [2.24, 2.45) is 7.05 Å². The van der Waals surface area contributed by atoms with E-state index in [0.717, 1.165) is 34.9 Å². The Balaban J connectivity index is 1.40. The Bertz CT molecular complexity index is 1240. The van der Waals surface area contributed by atoms with Gasteiger partial charge >= 0.3 is 0 Å². The van der Waals surface area contributed by atoms with Crippen LogP contribution in [-0.2, 0) is 13.5 Å². The number of aryl methyl sites for hydroxylation is 3. The number of anilines is 1. The van der Waals surface area contributed by atoms with E-state index in [1.807, 2.05) is 56.8 Å². The van der Waals surface area contributed by atoms with Crippen LogP contribution in [0.4, 0.5) is 5.69 Å². The smallest absolute Gasteiger partial charge is 0.257 e. The third-order valence-corrected chi connectivity index (χ3v) is 5.27. The fourth-order valence-corrected chi connectivity index (χ4v) is 3.56. The van der Waals surface area contributed by atoms with Crippen molar-refractivity contribution in [2.45, 2.75) is 19.8 Å². The van der Waals surface area contributed by atoms with E-state index >= 15 is 0 Å². The summed E-state index contributed by atoms with van der Waals surface area (Å²) in [6.45, 7) is 2.47. The summed E-state index contributed by atoms with van der Waals surface area (Å²) in [5, 5.41) is 11.0. The van der Waals surface area contributed by atoms with Crippen LogP contribution >= 0.6 is 0 Å². The number of carbonyl (C=O) groups is 2. The lowest BCUT2D eigenvalue weighted by Crippen LogP contribution is -2.25. The van der Waals surface area contributed by atoms with Crippen molar-refractivity contribution in [2.75, 3.05) is 11.9 Å². The average molecular weight is 415 g/mol. The van der Waals surface area contributed by atoms with Gasteiger partial charge in [-0.25, -0.2) is 0 Å². The van der Waals surface area contributed by atoms with Crippen LogP contribution in [0.3, 0.4) is 0 Å². The van der Waals surface area contributed by atoms with E-state index in [4.69, 9.17) is 0 Å². The lowest BCUT2D eigenvalue weighted by Gasteiger charge is -2.12. The second kappa shape index (κ2) is 8.87. The third kappa shape index (κ3) is 4.66. The zero-order valence-corrected chi connectivity index (χ0v) is 17.6. The second-order valence-corrected chi connectivity index (χ2v) is 7.61. The summed E-state index contributed by atoms with van der Waals surface area (Å²) in [7, 11) is 1.89. The normalized spacial score (nSPS) is 10.9. The van der Waals surface area contributed by atoms with Crippen molar-refractivity contribution in [3.63, 3.8) is 0 Å². The first-order valence-electron chi connectivity index (χ1n) is 10.2. The molecule has 0 bridgehead atoms. The van der Waals surface area contributed by atoms with Crippen molar-refractivity contribution >= 4 is 28.4 Å². The van der Waals surface area contributed by atoms with Crippen LogP contribution < -0.4 is 10.6 Å². The number of hydrogen-bond acceptors (Lipinski definition) is 3. The predicted octanol–water partition coefficient (Wildman–Crippen LogP) is 3.82. The summed E-state index contributed by atoms with van der Waals surface area (Å²) >= 11 is 0. The van der Waals surface area contributed by atoms with Crippen molar-refractivity contribution in [1.82, 2.24) is 20.1 Å². The van der Waals surface area contributed by atoms with Gasteiger partial charge in [0.05, 0.1) is 17.3 Å². The molecular weight excluding hydrogens is 390 g/mol. The number of benzene rings is 2. The number of carbonyl (C=O) groups excluding carboxylic acids is 2. The molecule has 4 rings (SSSR count). The molecule has 7 heteroatoms. The predicted molar refractivity (Wildman–Crippen MR) is 121 cm³/mol. The minimum atomic E-state index is -0.217. The minimum Gasteiger partial charge on any atom is -0.361 e. The Labute approximate surface area is 180 Å². The van der Waals surface area contributed by atoms with Gasteiger partial charge in [-0.2, -0.15) is 5.10 Å². The molecular formula is C24H25N5O2. The van der Waals surface area contributed by atoms with E-state index in [2.05, 4.69) is 20.7 Å². The average Bonchev–Trinajstić information content (AvgIpc) is 3.41. The van der Waals surface area contributed by atoms with Gasteiger partial charge in [0.1, 0.15) is 0 Å². The number of aromatic amines is 1. The van der Waals surface area contributed by atoms with E-state index in [1.165, 1.54) is 0 Å². The Morgan fingerprint density at radius 3 is 2.81 bits per heavy atom. The van der Waals surface area contributed by atoms with Crippen LogP contribution in [0.15, 0.2) is 61.1 Å². The number of nitrogens with one attached hydrogen (secondary N) is 3. The summed E-state index contributed by atoms with van der Waals surface area (Å²) in [6, 6.07) is 12.8. The second-order valence-electron chi connectivity index (χ2n) is 7.61. The number of para-hydroxylation sites is 1. The highest BCUT2D eigenvalue weighted by molar-refractivity contribution is 6.12. The SMILES string of the molecule is Cc1ccc(C(=O)NCCCc2cnn(C)c2)cc1NC(=O)c1cccc2cc[nH]c12. The van der Waals surface area contributed by atoms with Crippen molar-refractivity contribution in [3.8, 4) is 0 Å². The fraction of sp³-hybridized carbons (Fsp3) is 0.208. The number of fused-ring (bicyclic) bond motifs is 1. The molecule has 158 valence electrons. The molecule has 0 aliphatic heterocycles. The molecule has 0 saturated carbocycles. The first kappa shape index (κ1) is 20.4. The van der Waals surface area contributed by atoms with Gasteiger partial charge in [-0.15, -0.1) is 0 Å². The van der Waals surface area contributed by atoms with E-state index in [0.29, 0.717) is 23.4 Å². The molecule has 3 N–H and O–H groups in total. The maximum Gasteiger partial charge on any atom is 0.257 e. The molecule has 7 nitrogen and oxygen atoms in total. The molecule has 0 fully saturated rings. The van der Waals surface area contributed by atoms with E-state index < -0.39 is 0 Å². The number of nitrogens with zero attached hydrogens (tertiary/aromatic N) is 2. The highest BCUT2D eigenvalue weighted by atomic mass is 16.2. The molecule has 0 radical (unpaired) electrons. The summed E-state index contributed by atoms with van der Waals surface area (Å²) in [4.78, 5) is 28.6. The third-order valence-electron chi connectivity index (χ3n) is 5.27. The fourth-order valence-electron chi connectivity index (χ4n) is 3.56. The summed E-state index contributed by atoms with van der Waals surface area (Å²) in [6.07, 6.45) is 7.31. The molecule has 0 aliphatic rings. The van der Waals surface area contributed by atoms with Gasteiger partial charge in [0, 0.05) is 42.6 Å². The number of H-pyrrole nitrogens is 1. The van der Waals surface area contributed by atoms with Gasteiger partial charge in [-0.3, -0.25) is 14.3 Å². The maximum absolute atomic E-state index is 12.9. The van der Waals surface area contributed by atoms with Gasteiger partial charge in [-0.05, 0) is 55.2 Å². The van der Waals surface area contributed by atoms with Crippen molar-refractivity contribution in [3.05, 3.63) is 83.3 Å². The molecule has 0 unspecified atom stereocenters. The topological polar surface area (TPSA) is 91.8 Å². The molecule has 4 aromatic rings. The molecule has 0 spiro atoms. The largest absolute Gasteiger partial charge is 0.361 e. The molecule has 0 aliphatic carbocycles. The van der Waals surface area contributed by atoms with Crippen LogP contribution in [0.1, 0.15) is 38.3 Å². The molecule has 0 atom stereocenters. The Morgan fingerprint density at radius 2 is 2.00 bits per heavy atom. The first-order valence-corrected chi connectivity index (χ1v) is 10.2. The standard InChI is InChI=1S/C24H25N5O2/c1-16-8-9-19(23(30)26-11-4-5-17-14-27-29(2)15-17)13-21(16)28-24(31)20-7-3-6-18-10-12-25-22(18)20/h3,6-10,12-15,25H,4-5,11H2,1-2H3,(H,26,30)(H,28,31). The zero-order valence-electron chi connectivity index (χ0n) is 17.6. The number of rotatable bonds is 7. The lowest BCUT2D eigenvalue weighted by molar-refractivity contribution is 0.0951. The molecule has 0 saturated heterocycles. The number of amides is 2. The van der Waals surface area contributed by atoms with Gasteiger partial charge in [0.25, 0.3) is 11.8 Å². The Kier molecular flexibility index (Phi) is 5.84. The quantitative estimate of drug-likeness (QED) is 0.401. The van der Waals surface area contributed by atoms with Crippen molar-refractivity contribution < 1.29 is 9.59 Å². The first-order chi connectivity index (χ1) is 15.0. The Morgan fingerprint density at radius 1 is 1.13 bits per heavy atom. The minimum absolute atomic E-state index is 0.159. The highest BCUT2D eigenvalue weighted by Gasteiger charge is 2.14. The van der Waals surface area contributed by atoms with Crippen molar-refractivity contribution in [1.29, 1.82) is 0 Å². The summed E-state index contributed by atoms with van der Waals surface area (Å²) in [5.74, 6) is -0.377. The van der Waals surface area contributed by atoms with E-state index in [9.17, 15) is 9.59 Å². The molecule has 2 aromatic carbocycles. The molecule has 31 heavy (non-hydrogen) atoms. The van der Waals surface area contributed by atoms with Crippen LogP contribution in [0, 0.1) is 6.92 Å². The van der Waals surface area contributed by atoms with Gasteiger partial charge in [0.15, 0.2) is 0 Å². The van der Waals surface area contributed by atoms with Gasteiger partial charge in [0.2, 0.25) is 0 Å². The molecule has 2 heterocycles.